The highest BCUT2D eigenvalue weighted by Crippen LogP contribution is 2.07. The lowest BCUT2D eigenvalue weighted by Gasteiger charge is -2.12. The summed E-state index contributed by atoms with van der Waals surface area (Å²) in [5.74, 6) is -2.16. The van der Waals surface area contributed by atoms with Crippen molar-refractivity contribution in [2.75, 3.05) is 6.54 Å². The molecule has 1 aliphatic heterocycles. The maximum absolute atomic E-state index is 11.3. The maximum Gasteiger partial charge on any atom is 0.322 e. The van der Waals surface area contributed by atoms with Gasteiger partial charge >= 0.3 is 5.97 Å². The zero-order chi connectivity index (χ0) is 10.6. The molecule has 14 heavy (non-hydrogen) atoms. The Labute approximate surface area is 85.5 Å². The van der Waals surface area contributed by atoms with Gasteiger partial charge in [0.1, 0.15) is 17.5 Å². The van der Waals surface area contributed by atoms with Gasteiger partial charge in [0.05, 0.1) is 0 Å². The van der Waals surface area contributed by atoms with E-state index in [1.807, 2.05) is 0 Å². The van der Waals surface area contributed by atoms with E-state index in [1.54, 1.807) is 12.2 Å². The number of aliphatic carboxylic acids is 1. The second-order valence-corrected chi connectivity index (χ2v) is 3.01. The summed E-state index contributed by atoms with van der Waals surface area (Å²) < 4.78 is 0. The number of nitrogens with zero attached hydrogens (tertiary/aromatic N) is 1. The van der Waals surface area contributed by atoms with Crippen molar-refractivity contribution < 1.29 is 14.7 Å². The van der Waals surface area contributed by atoms with Gasteiger partial charge < -0.3 is 10.4 Å². The van der Waals surface area contributed by atoms with Crippen LogP contribution in [0.2, 0.25) is 0 Å². The van der Waals surface area contributed by atoms with E-state index in [4.69, 9.17) is 17.3 Å². The molecule has 1 aliphatic rings. The number of carbonyl (C=O) groups is 2. The highest BCUT2D eigenvalue weighted by molar-refractivity contribution is 7.80. The van der Waals surface area contributed by atoms with E-state index in [-0.39, 0.29) is 4.99 Å². The lowest BCUT2D eigenvalue weighted by molar-refractivity contribution is -0.138. The first-order chi connectivity index (χ1) is 6.61. The number of thiocarbonyl (C=S) groups is 1. The van der Waals surface area contributed by atoms with Crippen LogP contribution in [0.1, 0.15) is 0 Å². The number of hydrogen-bond acceptors (Lipinski definition) is 3. The van der Waals surface area contributed by atoms with E-state index < -0.39 is 24.3 Å². The van der Waals surface area contributed by atoms with Crippen molar-refractivity contribution in [1.29, 1.82) is 0 Å². The minimum atomic E-state index is -1.09. The fourth-order valence-electron chi connectivity index (χ4n) is 0.912. The summed E-state index contributed by atoms with van der Waals surface area (Å²) in [4.78, 5) is 25.5. The molecule has 1 unspecified atom stereocenters. The summed E-state index contributed by atoms with van der Waals surface area (Å²) in [6.07, 6.45) is 4.66. The van der Waals surface area contributed by atoms with E-state index >= 15 is 0 Å². The standard InChI is InChI=1S/C8H8N2O3S/c11-6(12)4-10-7(13)5-2-1-3-9-8(5)14/h1-3,5H,4H2,(H,10,13)(H,11,12). The van der Waals surface area contributed by atoms with Crippen LogP contribution in [0.4, 0.5) is 0 Å². The van der Waals surface area contributed by atoms with Crippen LogP contribution < -0.4 is 5.32 Å². The molecule has 74 valence electrons. The van der Waals surface area contributed by atoms with Gasteiger partial charge in [-0.25, -0.2) is 4.99 Å². The number of aliphatic imine (C=N–C) groups is 1. The molecule has 2 N–H and O–H groups in total. The lowest BCUT2D eigenvalue weighted by atomic mass is 10.1. The van der Waals surface area contributed by atoms with Gasteiger partial charge in [0.15, 0.2) is 0 Å². The Bertz CT molecular complexity index is 335. The van der Waals surface area contributed by atoms with E-state index in [0.29, 0.717) is 0 Å². The minimum Gasteiger partial charge on any atom is -0.480 e. The van der Waals surface area contributed by atoms with Crippen LogP contribution in [0, 0.1) is 5.92 Å². The van der Waals surface area contributed by atoms with E-state index in [9.17, 15) is 9.59 Å². The van der Waals surface area contributed by atoms with E-state index in [1.165, 1.54) is 6.21 Å². The molecule has 0 fully saturated rings. The number of nitrogens with one attached hydrogen (secondary N) is 1. The molecule has 5 nitrogen and oxygen atoms in total. The normalized spacial score (nSPS) is 19.4. The highest BCUT2D eigenvalue weighted by Gasteiger charge is 2.21. The molecule has 0 aromatic rings. The smallest absolute Gasteiger partial charge is 0.322 e. The zero-order valence-electron chi connectivity index (χ0n) is 7.14. The molecule has 1 rings (SSSR count). The zero-order valence-corrected chi connectivity index (χ0v) is 7.95. The molecule has 0 aliphatic carbocycles. The maximum atomic E-state index is 11.3. The van der Waals surface area contributed by atoms with Crippen molar-refractivity contribution >= 4 is 35.3 Å². The quantitative estimate of drug-likeness (QED) is 0.633. The van der Waals surface area contributed by atoms with Crippen molar-refractivity contribution in [3.05, 3.63) is 12.2 Å². The van der Waals surface area contributed by atoms with Gasteiger partial charge in [-0.1, -0.05) is 18.3 Å². The van der Waals surface area contributed by atoms with E-state index in [2.05, 4.69) is 10.3 Å². The largest absolute Gasteiger partial charge is 0.480 e. The number of dihydropyridines is 1. The Kier molecular flexibility index (Phi) is 3.47. The predicted octanol–water partition coefficient (Wildman–Crippen LogP) is -0.229. The summed E-state index contributed by atoms with van der Waals surface area (Å²) in [7, 11) is 0. The number of rotatable bonds is 3. The Morgan fingerprint density at radius 3 is 2.93 bits per heavy atom. The van der Waals surface area contributed by atoms with Crippen LogP contribution in [-0.2, 0) is 9.59 Å². The molecule has 1 atom stereocenters. The average molecular weight is 212 g/mol. The first kappa shape index (κ1) is 10.5. The molecular formula is C8H8N2O3S. The number of hydrogen-bond donors (Lipinski definition) is 2. The summed E-state index contributed by atoms with van der Waals surface area (Å²) in [6, 6.07) is 0. The van der Waals surface area contributed by atoms with Crippen LogP contribution >= 0.6 is 12.2 Å². The summed E-state index contributed by atoms with van der Waals surface area (Å²) in [5, 5.41) is 10.6. The van der Waals surface area contributed by atoms with Crippen molar-refractivity contribution in [2.24, 2.45) is 10.9 Å². The average Bonchev–Trinajstić information content (AvgIpc) is 2.15. The molecule has 0 spiro atoms. The SMILES string of the molecule is O=C(O)CNC(=O)C1C=CC=NC1=S. The van der Waals surface area contributed by atoms with Gasteiger partial charge in [-0.2, -0.15) is 0 Å². The van der Waals surface area contributed by atoms with Gasteiger partial charge in [0, 0.05) is 6.21 Å². The lowest BCUT2D eigenvalue weighted by Crippen LogP contribution is -2.36. The fourth-order valence-corrected chi connectivity index (χ4v) is 1.16. The van der Waals surface area contributed by atoms with Gasteiger partial charge in [0.25, 0.3) is 0 Å². The number of carboxylic acid groups (broad SMARTS) is 1. The van der Waals surface area contributed by atoms with Gasteiger partial charge in [-0.15, -0.1) is 0 Å². The molecular weight excluding hydrogens is 204 g/mol. The van der Waals surface area contributed by atoms with E-state index in [0.717, 1.165) is 0 Å². The number of carboxylic acids is 1. The highest BCUT2D eigenvalue weighted by atomic mass is 32.1. The van der Waals surface area contributed by atoms with Crippen molar-refractivity contribution in [3.8, 4) is 0 Å². The van der Waals surface area contributed by atoms with Crippen LogP contribution in [0.3, 0.4) is 0 Å². The second-order valence-electron chi connectivity index (χ2n) is 2.59. The third-order valence-electron chi connectivity index (χ3n) is 1.55. The third kappa shape index (κ3) is 2.74. The monoisotopic (exact) mass is 212 g/mol. The number of allylic oxidation sites excluding steroid dienone is 1. The first-order valence-electron chi connectivity index (χ1n) is 3.85. The number of amides is 1. The molecule has 0 saturated heterocycles. The Morgan fingerprint density at radius 2 is 2.36 bits per heavy atom. The topological polar surface area (TPSA) is 78.8 Å². The van der Waals surface area contributed by atoms with Gasteiger partial charge in [-0.3, -0.25) is 9.59 Å². The molecule has 1 amide bonds. The molecule has 0 radical (unpaired) electrons. The van der Waals surface area contributed by atoms with Crippen LogP contribution in [0.5, 0.6) is 0 Å². The van der Waals surface area contributed by atoms with Gasteiger partial charge in [0.2, 0.25) is 5.91 Å². The van der Waals surface area contributed by atoms with Crippen molar-refractivity contribution in [1.82, 2.24) is 5.32 Å². The summed E-state index contributed by atoms with van der Waals surface area (Å²) in [5.41, 5.74) is 0. The molecule has 0 bridgehead atoms. The third-order valence-corrected chi connectivity index (χ3v) is 1.91. The first-order valence-corrected chi connectivity index (χ1v) is 4.26. The molecule has 1 heterocycles. The molecule has 0 aromatic carbocycles. The second kappa shape index (κ2) is 4.61. The van der Waals surface area contributed by atoms with Crippen molar-refractivity contribution in [2.45, 2.75) is 0 Å². The Balaban J connectivity index is 2.52. The Hall–Kier alpha value is -1.56. The Morgan fingerprint density at radius 1 is 1.64 bits per heavy atom. The van der Waals surface area contributed by atoms with Crippen LogP contribution in [0.25, 0.3) is 0 Å². The number of carbonyl (C=O) groups excluding carboxylic acids is 1. The molecule has 0 aromatic heterocycles. The van der Waals surface area contributed by atoms with Gasteiger partial charge in [-0.05, 0) is 6.08 Å². The predicted molar refractivity (Wildman–Crippen MR) is 54.4 cm³/mol. The molecule has 6 heteroatoms. The van der Waals surface area contributed by atoms with Crippen LogP contribution in [0.15, 0.2) is 17.1 Å². The fraction of sp³-hybridized carbons (Fsp3) is 0.250. The molecule has 0 saturated carbocycles. The van der Waals surface area contributed by atoms with Crippen LogP contribution in [-0.4, -0.2) is 34.7 Å². The minimum absolute atomic E-state index is 0.246. The summed E-state index contributed by atoms with van der Waals surface area (Å²) in [6.45, 7) is -0.407. The van der Waals surface area contributed by atoms with Crippen molar-refractivity contribution in [3.63, 3.8) is 0 Å². The summed E-state index contributed by atoms with van der Waals surface area (Å²) >= 11 is 4.83.